The van der Waals surface area contributed by atoms with Gasteiger partial charge in [0.15, 0.2) is 0 Å². The average Bonchev–Trinajstić information content (AvgIpc) is 3.43. The summed E-state index contributed by atoms with van der Waals surface area (Å²) < 4.78 is 5.60. The molecule has 0 aliphatic carbocycles. The quantitative estimate of drug-likeness (QED) is 0.402. The molecule has 8 heteroatoms. The monoisotopic (exact) mass is 457 g/mol. The van der Waals surface area contributed by atoms with Crippen molar-refractivity contribution in [3.8, 4) is 11.1 Å². The number of aromatic nitrogens is 2. The molecule has 0 bridgehead atoms. The number of hydrogen-bond donors (Lipinski definition) is 3. The van der Waals surface area contributed by atoms with Crippen LogP contribution in [-0.2, 0) is 4.74 Å². The van der Waals surface area contributed by atoms with Gasteiger partial charge in [0.25, 0.3) is 0 Å². The fourth-order valence-corrected chi connectivity index (χ4v) is 4.56. The van der Waals surface area contributed by atoms with Gasteiger partial charge in [-0.2, -0.15) is 0 Å². The van der Waals surface area contributed by atoms with Gasteiger partial charge < -0.3 is 19.8 Å². The Hall–Kier alpha value is -3.36. The van der Waals surface area contributed by atoms with Crippen molar-refractivity contribution in [1.29, 1.82) is 0 Å². The first-order chi connectivity index (χ1) is 16.2. The van der Waals surface area contributed by atoms with Crippen LogP contribution < -0.4 is 5.46 Å². The van der Waals surface area contributed by atoms with E-state index in [4.69, 9.17) is 9.72 Å². The molecule has 0 saturated carbocycles. The summed E-state index contributed by atoms with van der Waals surface area (Å²) in [6, 6.07) is 17.5. The first-order valence-electron chi connectivity index (χ1n) is 11.6. The van der Waals surface area contributed by atoms with E-state index >= 15 is 0 Å². The topological polar surface area (TPSA) is 98.7 Å². The number of amides is 1. The number of carbonyl (C=O) groups excluding carboxylic acids is 1. The Kier molecular flexibility index (Phi) is 5.58. The highest BCUT2D eigenvalue weighted by molar-refractivity contribution is 6.58. The zero-order chi connectivity index (χ0) is 24.0. The van der Waals surface area contributed by atoms with Gasteiger partial charge in [0, 0.05) is 6.54 Å². The number of rotatable bonds is 3. The number of ether oxygens (including phenoxy) is 1. The van der Waals surface area contributed by atoms with E-state index in [9.17, 15) is 14.8 Å². The van der Waals surface area contributed by atoms with Crippen LogP contribution in [0.25, 0.3) is 32.9 Å². The van der Waals surface area contributed by atoms with Crippen LogP contribution in [0.2, 0.25) is 0 Å². The van der Waals surface area contributed by atoms with Gasteiger partial charge in [0.05, 0.1) is 17.1 Å². The lowest BCUT2D eigenvalue weighted by molar-refractivity contribution is 0.0219. The van der Waals surface area contributed by atoms with Crippen LogP contribution in [0.1, 0.15) is 45.5 Å². The highest BCUT2D eigenvalue weighted by atomic mass is 16.6. The average molecular weight is 457 g/mol. The van der Waals surface area contributed by atoms with Gasteiger partial charge in [-0.05, 0) is 79.2 Å². The van der Waals surface area contributed by atoms with Crippen molar-refractivity contribution in [3.63, 3.8) is 0 Å². The molecule has 0 unspecified atom stereocenters. The maximum atomic E-state index is 12.7. The number of hydrogen-bond acceptors (Lipinski definition) is 5. The number of nitrogens with one attached hydrogen (secondary N) is 1. The maximum Gasteiger partial charge on any atom is 0.488 e. The van der Waals surface area contributed by atoms with Crippen molar-refractivity contribution in [2.45, 2.75) is 45.3 Å². The van der Waals surface area contributed by atoms with E-state index in [1.165, 1.54) is 0 Å². The van der Waals surface area contributed by atoms with Gasteiger partial charge in [-0.25, -0.2) is 9.78 Å². The molecule has 1 aliphatic rings. The molecular weight excluding hydrogens is 429 g/mol. The number of H-pyrrole nitrogens is 1. The van der Waals surface area contributed by atoms with Crippen LogP contribution in [0, 0.1) is 0 Å². The minimum absolute atomic E-state index is 0.130. The van der Waals surface area contributed by atoms with Crippen molar-refractivity contribution >= 4 is 40.5 Å². The molecule has 2 heterocycles. The Morgan fingerprint density at radius 3 is 2.56 bits per heavy atom. The van der Waals surface area contributed by atoms with Crippen molar-refractivity contribution in [3.05, 3.63) is 60.4 Å². The molecule has 0 radical (unpaired) electrons. The minimum Gasteiger partial charge on any atom is -0.444 e. The lowest BCUT2D eigenvalue weighted by atomic mass is 9.79. The van der Waals surface area contributed by atoms with Crippen molar-refractivity contribution in [2.75, 3.05) is 6.54 Å². The summed E-state index contributed by atoms with van der Waals surface area (Å²) in [6.45, 7) is 6.28. The number of benzene rings is 3. The minimum atomic E-state index is -1.50. The lowest BCUT2D eigenvalue weighted by Gasteiger charge is -2.27. The third-order valence-corrected chi connectivity index (χ3v) is 6.19. The predicted octanol–water partition coefficient (Wildman–Crippen LogP) is 4.13. The van der Waals surface area contributed by atoms with E-state index in [-0.39, 0.29) is 12.1 Å². The highest BCUT2D eigenvalue weighted by Gasteiger charge is 2.35. The van der Waals surface area contributed by atoms with Crippen molar-refractivity contribution < 1.29 is 19.6 Å². The van der Waals surface area contributed by atoms with Crippen LogP contribution >= 0.6 is 0 Å². The zero-order valence-corrected chi connectivity index (χ0v) is 19.6. The molecule has 1 amide bonds. The van der Waals surface area contributed by atoms with Crippen molar-refractivity contribution in [1.82, 2.24) is 14.9 Å². The smallest absolute Gasteiger partial charge is 0.444 e. The van der Waals surface area contributed by atoms with Crippen LogP contribution in [0.5, 0.6) is 0 Å². The number of aromatic amines is 1. The second-order valence-electron chi connectivity index (χ2n) is 9.88. The van der Waals surface area contributed by atoms with Gasteiger partial charge >= 0.3 is 13.2 Å². The fraction of sp³-hybridized carbons (Fsp3) is 0.308. The van der Waals surface area contributed by atoms with Crippen LogP contribution in [0.4, 0.5) is 4.79 Å². The second-order valence-corrected chi connectivity index (χ2v) is 9.88. The zero-order valence-electron chi connectivity index (χ0n) is 19.6. The molecular formula is C26H28BN3O4. The van der Waals surface area contributed by atoms with Crippen molar-refractivity contribution in [2.24, 2.45) is 0 Å². The van der Waals surface area contributed by atoms with Crippen LogP contribution in [0.15, 0.2) is 54.6 Å². The largest absolute Gasteiger partial charge is 0.488 e. The molecule has 174 valence electrons. The summed E-state index contributed by atoms with van der Waals surface area (Å²) in [5.41, 5.74) is 3.72. The maximum absolute atomic E-state index is 12.7. The Labute approximate surface area is 198 Å². The van der Waals surface area contributed by atoms with E-state index in [1.54, 1.807) is 17.0 Å². The van der Waals surface area contributed by atoms with Gasteiger partial charge in [0.2, 0.25) is 0 Å². The molecule has 34 heavy (non-hydrogen) atoms. The number of fused-ring (bicyclic) bond motifs is 2. The summed E-state index contributed by atoms with van der Waals surface area (Å²) in [7, 11) is -1.50. The third kappa shape index (κ3) is 4.39. The van der Waals surface area contributed by atoms with Gasteiger partial charge in [-0.15, -0.1) is 0 Å². The molecule has 5 rings (SSSR count). The van der Waals surface area contributed by atoms with E-state index in [1.807, 2.05) is 51.1 Å². The molecule has 0 spiro atoms. The van der Waals surface area contributed by atoms with Gasteiger partial charge in [0.1, 0.15) is 11.4 Å². The molecule has 3 aromatic carbocycles. The number of imidazole rings is 1. The lowest BCUT2D eigenvalue weighted by Crippen LogP contribution is -2.36. The van der Waals surface area contributed by atoms with E-state index in [2.05, 4.69) is 17.1 Å². The number of carbonyl (C=O) groups is 1. The molecule has 1 fully saturated rings. The number of nitrogens with zero attached hydrogens (tertiary/aromatic N) is 2. The molecule has 4 aromatic rings. The number of likely N-dealkylation sites (tertiary alicyclic amines) is 1. The summed E-state index contributed by atoms with van der Waals surface area (Å²) in [5.74, 6) is 0.774. The molecule has 1 aromatic heterocycles. The second kappa shape index (κ2) is 8.45. The summed E-state index contributed by atoms with van der Waals surface area (Å²) in [4.78, 5) is 22.7. The Balaban J connectivity index is 1.45. The SMILES string of the molecule is CC(C)(C)OC(=O)N1CCC[C@H]1c1nc2ccc(-c3ccc4ccc(B(O)O)cc4c3)cc2[nH]1. The summed E-state index contributed by atoms with van der Waals surface area (Å²) in [5, 5.41) is 21.0. The van der Waals surface area contributed by atoms with Crippen LogP contribution in [0.3, 0.4) is 0 Å². The van der Waals surface area contributed by atoms with E-state index in [0.29, 0.717) is 12.0 Å². The summed E-state index contributed by atoms with van der Waals surface area (Å²) >= 11 is 0. The Morgan fingerprint density at radius 1 is 1.06 bits per heavy atom. The Morgan fingerprint density at radius 2 is 1.79 bits per heavy atom. The van der Waals surface area contributed by atoms with E-state index in [0.717, 1.165) is 51.6 Å². The molecule has 1 saturated heterocycles. The predicted molar refractivity (Wildman–Crippen MR) is 134 cm³/mol. The highest BCUT2D eigenvalue weighted by Crippen LogP contribution is 2.34. The molecule has 1 atom stereocenters. The normalized spacial score (nSPS) is 16.4. The fourth-order valence-electron chi connectivity index (χ4n) is 4.56. The Bertz CT molecular complexity index is 1380. The standard InChI is InChI=1S/C26H28BN3O4/c1-26(2,3)34-25(31)30-12-4-5-23(30)24-28-21-11-9-18(15-22(21)29-24)17-7-6-16-8-10-20(27(32)33)14-19(16)13-17/h6-11,13-15,23,32-33H,4-5,12H2,1-3H3,(H,28,29)/t23-/m0/s1. The first kappa shape index (κ1) is 22.4. The first-order valence-corrected chi connectivity index (χ1v) is 11.6. The molecule has 3 N–H and O–H groups in total. The van der Waals surface area contributed by atoms with Gasteiger partial charge in [-0.1, -0.05) is 36.4 Å². The van der Waals surface area contributed by atoms with Gasteiger partial charge in [-0.3, -0.25) is 4.90 Å². The third-order valence-electron chi connectivity index (χ3n) is 6.19. The van der Waals surface area contributed by atoms with E-state index < -0.39 is 12.7 Å². The molecule has 7 nitrogen and oxygen atoms in total. The van der Waals surface area contributed by atoms with Crippen LogP contribution in [-0.4, -0.2) is 50.3 Å². The summed E-state index contributed by atoms with van der Waals surface area (Å²) in [6.07, 6.45) is 1.45. The molecule has 1 aliphatic heterocycles.